The molecular formula is C19H26F2N2O2. The highest BCUT2D eigenvalue weighted by Gasteiger charge is 2.27. The number of aryl methyl sites for hydroxylation is 1. The molecule has 2 aliphatic rings. The first-order chi connectivity index (χ1) is 12.0. The van der Waals surface area contributed by atoms with E-state index in [9.17, 15) is 13.6 Å². The summed E-state index contributed by atoms with van der Waals surface area (Å²) in [6.45, 7) is -2.82. The van der Waals surface area contributed by atoms with E-state index in [4.69, 9.17) is 0 Å². The van der Waals surface area contributed by atoms with Crippen molar-refractivity contribution in [2.45, 2.75) is 70.1 Å². The topological polar surface area (TPSA) is 41.6 Å². The maximum Gasteiger partial charge on any atom is 0.387 e. The van der Waals surface area contributed by atoms with E-state index in [-0.39, 0.29) is 17.8 Å². The van der Waals surface area contributed by atoms with Gasteiger partial charge in [0, 0.05) is 13.1 Å². The Bertz CT molecular complexity index is 603. The maximum atomic E-state index is 12.6. The van der Waals surface area contributed by atoms with Crippen LogP contribution in [-0.2, 0) is 6.42 Å². The molecule has 1 aromatic carbocycles. The van der Waals surface area contributed by atoms with Crippen molar-refractivity contribution in [1.82, 2.24) is 10.2 Å². The number of rotatable bonds is 4. The number of urea groups is 1. The number of carbonyl (C=O) groups excluding carboxylic acids is 1. The minimum Gasteiger partial charge on any atom is -0.435 e. The standard InChI is InChI=1S/C19H26F2N2O2/c1-23(14-7-3-2-4-8-14)19(24)22-17-9-5-6-13-12-15(25-18(20)21)10-11-16(13)17/h10-12,14,17-18H,2-9H2,1H3,(H,22,24). The van der Waals surface area contributed by atoms with Gasteiger partial charge in [0.15, 0.2) is 0 Å². The van der Waals surface area contributed by atoms with E-state index in [0.29, 0.717) is 6.04 Å². The summed E-state index contributed by atoms with van der Waals surface area (Å²) in [5, 5.41) is 3.13. The van der Waals surface area contributed by atoms with Crippen LogP contribution in [0.3, 0.4) is 0 Å². The van der Waals surface area contributed by atoms with Gasteiger partial charge in [-0.1, -0.05) is 25.3 Å². The molecule has 138 valence electrons. The number of ether oxygens (including phenoxy) is 1. The average molecular weight is 352 g/mol. The van der Waals surface area contributed by atoms with Crippen molar-refractivity contribution in [2.75, 3.05) is 7.05 Å². The lowest BCUT2D eigenvalue weighted by atomic mass is 9.87. The zero-order chi connectivity index (χ0) is 17.8. The van der Waals surface area contributed by atoms with Crippen molar-refractivity contribution in [1.29, 1.82) is 0 Å². The molecule has 0 spiro atoms. The van der Waals surface area contributed by atoms with Crippen molar-refractivity contribution in [3.05, 3.63) is 29.3 Å². The summed E-state index contributed by atoms with van der Waals surface area (Å²) >= 11 is 0. The summed E-state index contributed by atoms with van der Waals surface area (Å²) in [5.41, 5.74) is 1.99. The van der Waals surface area contributed by atoms with Gasteiger partial charge in [-0.25, -0.2) is 4.79 Å². The van der Waals surface area contributed by atoms with Crippen LogP contribution in [0.1, 0.15) is 62.1 Å². The number of amides is 2. The molecule has 4 nitrogen and oxygen atoms in total. The number of nitrogens with zero attached hydrogens (tertiary/aromatic N) is 1. The lowest BCUT2D eigenvalue weighted by Gasteiger charge is -2.34. The number of hydrogen-bond donors (Lipinski definition) is 1. The van der Waals surface area contributed by atoms with Crippen LogP contribution in [0.4, 0.5) is 13.6 Å². The molecule has 1 saturated carbocycles. The van der Waals surface area contributed by atoms with Crippen LogP contribution in [0.2, 0.25) is 0 Å². The lowest BCUT2D eigenvalue weighted by Crippen LogP contribution is -2.46. The van der Waals surface area contributed by atoms with E-state index in [0.717, 1.165) is 43.2 Å². The summed E-state index contributed by atoms with van der Waals surface area (Å²) in [6, 6.07) is 5.24. The molecule has 2 amide bonds. The van der Waals surface area contributed by atoms with Gasteiger partial charge in [0.25, 0.3) is 0 Å². The number of benzene rings is 1. The molecular weight excluding hydrogens is 326 g/mol. The summed E-state index contributed by atoms with van der Waals surface area (Å²) in [6.07, 6.45) is 8.36. The number of nitrogens with one attached hydrogen (secondary N) is 1. The van der Waals surface area contributed by atoms with Crippen molar-refractivity contribution in [3.63, 3.8) is 0 Å². The molecule has 0 bridgehead atoms. The van der Waals surface area contributed by atoms with Crippen LogP contribution < -0.4 is 10.1 Å². The van der Waals surface area contributed by atoms with E-state index in [1.165, 1.54) is 19.3 Å². The van der Waals surface area contributed by atoms with Gasteiger partial charge in [0.05, 0.1) is 6.04 Å². The second-order valence-corrected chi connectivity index (χ2v) is 7.04. The van der Waals surface area contributed by atoms with Crippen molar-refractivity contribution >= 4 is 6.03 Å². The van der Waals surface area contributed by atoms with Crippen LogP contribution >= 0.6 is 0 Å². The van der Waals surface area contributed by atoms with Crippen molar-refractivity contribution in [2.24, 2.45) is 0 Å². The molecule has 1 aromatic rings. The highest BCUT2D eigenvalue weighted by atomic mass is 19.3. The fourth-order valence-electron chi connectivity index (χ4n) is 4.00. The number of fused-ring (bicyclic) bond motifs is 1. The van der Waals surface area contributed by atoms with Gasteiger partial charge in [-0.05, 0) is 55.4 Å². The number of hydrogen-bond acceptors (Lipinski definition) is 2. The smallest absolute Gasteiger partial charge is 0.387 e. The molecule has 0 aromatic heterocycles. The SMILES string of the molecule is CN(C(=O)NC1CCCc2cc(OC(F)F)ccc21)C1CCCCC1. The average Bonchev–Trinajstić information content (AvgIpc) is 2.61. The Kier molecular flexibility index (Phi) is 5.76. The summed E-state index contributed by atoms with van der Waals surface area (Å²) in [7, 11) is 1.87. The first-order valence-corrected chi connectivity index (χ1v) is 9.15. The van der Waals surface area contributed by atoms with E-state index < -0.39 is 6.61 Å². The third-order valence-corrected chi connectivity index (χ3v) is 5.39. The number of halogens is 2. The fraction of sp³-hybridized carbons (Fsp3) is 0.632. The third-order valence-electron chi connectivity index (χ3n) is 5.39. The lowest BCUT2D eigenvalue weighted by molar-refractivity contribution is -0.0499. The Morgan fingerprint density at radius 1 is 1.20 bits per heavy atom. The van der Waals surface area contributed by atoms with Crippen LogP contribution in [0.5, 0.6) is 5.75 Å². The second-order valence-electron chi connectivity index (χ2n) is 7.04. The largest absolute Gasteiger partial charge is 0.435 e. The molecule has 0 saturated heterocycles. The minimum absolute atomic E-state index is 0.0438. The quantitative estimate of drug-likeness (QED) is 0.858. The van der Waals surface area contributed by atoms with Crippen LogP contribution in [0.15, 0.2) is 18.2 Å². The zero-order valence-electron chi connectivity index (χ0n) is 14.6. The van der Waals surface area contributed by atoms with Crippen LogP contribution in [-0.4, -0.2) is 30.6 Å². The van der Waals surface area contributed by atoms with Gasteiger partial charge < -0.3 is 15.0 Å². The van der Waals surface area contributed by atoms with Crippen molar-refractivity contribution < 1.29 is 18.3 Å². The van der Waals surface area contributed by atoms with E-state index in [1.807, 2.05) is 11.9 Å². The molecule has 1 fully saturated rings. The predicted octanol–water partition coefficient (Wildman–Crippen LogP) is 4.64. The molecule has 1 atom stereocenters. The van der Waals surface area contributed by atoms with Crippen LogP contribution in [0, 0.1) is 0 Å². The number of alkyl halides is 2. The Balaban J connectivity index is 1.67. The Morgan fingerprint density at radius 2 is 1.96 bits per heavy atom. The Labute approximate surface area is 147 Å². The number of carbonyl (C=O) groups is 1. The van der Waals surface area contributed by atoms with Gasteiger partial charge in [0.2, 0.25) is 0 Å². The van der Waals surface area contributed by atoms with Gasteiger partial charge in [-0.15, -0.1) is 0 Å². The monoisotopic (exact) mass is 352 g/mol. The normalized spacial score (nSPS) is 20.9. The minimum atomic E-state index is -2.82. The molecule has 0 aliphatic heterocycles. The van der Waals surface area contributed by atoms with Crippen molar-refractivity contribution in [3.8, 4) is 5.75 Å². The Morgan fingerprint density at radius 3 is 2.68 bits per heavy atom. The van der Waals surface area contributed by atoms with Gasteiger partial charge in [0.1, 0.15) is 5.75 Å². The van der Waals surface area contributed by atoms with Crippen LogP contribution in [0.25, 0.3) is 0 Å². The van der Waals surface area contributed by atoms with Gasteiger partial charge >= 0.3 is 12.6 Å². The molecule has 1 unspecified atom stereocenters. The van der Waals surface area contributed by atoms with E-state index in [1.54, 1.807) is 18.2 Å². The second kappa shape index (κ2) is 8.02. The molecule has 3 rings (SSSR count). The highest BCUT2D eigenvalue weighted by Crippen LogP contribution is 2.33. The maximum absolute atomic E-state index is 12.6. The molecule has 6 heteroatoms. The fourth-order valence-corrected chi connectivity index (χ4v) is 4.00. The zero-order valence-corrected chi connectivity index (χ0v) is 14.6. The van der Waals surface area contributed by atoms with E-state index >= 15 is 0 Å². The van der Waals surface area contributed by atoms with E-state index in [2.05, 4.69) is 10.1 Å². The molecule has 0 radical (unpaired) electrons. The highest BCUT2D eigenvalue weighted by molar-refractivity contribution is 5.75. The summed E-state index contributed by atoms with van der Waals surface area (Å²) < 4.78 is 29.2. The Hall–Kier alpha value is -1.85. The molecule has 2 aliphatic carbocycles. The summed E-state index contributed by atoms with van der Waals surface area (Å²) in [4.78, 5) is 14.5. The molecule has 1 N–H and O–H groups in total. The first-order valence-electron chi connectivity index (χ1n) is 9.15. The summed E-state index contributed by atoms with van der Waals surface area (Å²) in [5.74, 6) is 0.181. The van der Waals surface area contributed by atoms with Gasteiger partial charge in [-0.2, -0.15) is 8.78 Å². The third kappa shape index (κ3) is 4.41. The predicted molar refractivity (Wildman–Crippen MR) is 91.9 cm³/mol. The first kappa shape index (κ1) is 18.0. The van der Waals surface area contributed by atoms with Gasteiger partial charge in [-0.3, -0.25) is 0 Å². The molecule has 25 heavy (non-hydrogen) atoms. The molecule has 0 heterocycles.